The molecule has 1 N–H and O–H groups in total. The molecule has 1 aromatic carbocycles. The molecule has 0 unspecified atom stereocenters. The summed E-state index contributed by atoms with van der Waals surface area (Å²) in [7, 11) is -3.50. The van der Waals surface area contributed by atoms with Gasteiger partial charge in [-0.25, -0.2) is 13.3 Å². The number of quaternary nitrogens is 1. The lowest BCUT2D eigenvalue weighted by molar-refractivity contribution is -0.910. The first-order valence-electron chi connectivity index (χ1n) is 10.1. The van der Waals surface area contributed by atoms with E-state index < -0.39 is 10.0 Å². The Bertz CT molecular complexity index is 836. The van der Waals surface area contributed by atoms with Gasteiger partial charge in [0.2, 0.25) is 21.8 Å². The molecule has 3 aliphatic rings. The summed E-state index contributed by atoms with van der Waals surface area (Å²) in [4.78, 5) is 28.1. The Kier molecular flexibility index (Phi) is 5.28. The minimum absolute atomic E-state index is 0.0168. The fourth-order valence-corrected chi connectivity index (χ4v) is 6.11. The molecule has 0 bridgehead atoms. The van der Waals surface area contributed by atoms with Gasteiger partial charge >= 0.3 is 0 Å². The molecule has 2 heterocycles. The maximum atomic E-state index is 12.8. The number of benzene rings is 1. The van der Waals surface area contributed by atoms with Crippen molar-refractivity contribution in [1.29, 1.82) is 0 Å². The fraction of sp³-hybridized carbons (Fsp3) is 0.600. The number of nitrogens with zero attached hydrogens (tertiary/aromatic N) is 2. The van der Waals surface area contributed by atoms with Crippen LogP contribution < -0.4 is 4.90 Å². The molecule has 2 aliphatic heterocycles. The van der Waals surface area contributed by atoms with Gasteiger partial charge in [-0.2, -0.15) is 4.31 Å². The Labute approximate surface area is 166 Å². The smallest absolute Gasteiger partial charge is 0.243 e. The van der Waals surface area contributed by atoms with Crippen LogP contribution in [0.2, 0.25) is 0 Å². The predicted octanol–water partition coefficient (Wildman–Crippen LogP) is 0.0169. The van der Waals surface area contributed by atoms with E-state index in [4.69, 9.17) is 0 Å². The average Bonchev–Trinajstić information content (AvgIpc) is 2.94. The van der Waals surface area contributed by atoms with Crippen LogP contribution in [0, 0.1) is 18.8 Å². The van der Waals surface area contributed by atoms with Gasteiger partial charge in [-0.1, -0.05) is 30.5 Å². The zero-order valence-electron chi connectivity index (χ0n) is 16.3. The summed E-state index contributed by atoms with van der Waals surface area (Å²) in [6, 6.07) is 6.90. The lowest BCUT2D eigenvalue weighted by Gasteiger charge is -2.33. The number of sulfonamides is 1. The van der Waals surface area contributed by atoms with Crippen molar-refractivity contribution in [2.75, 3.05) is 32.8 Å². The Balaban J connectivity index is 1.37. The molecule has 2 amide bonds. The molecule has 0 radical (unpaired) electrons. The molecular formula is C20H28N3O4S+. The molecule has 1 saturated carbocycles. The number of carbonyl (C=O) groups is 2. The summed E-state index contributed by atoms with van der Waals surface area (Å²) in [5.41, 5.74) is 1.02. The van der Waals surface area contributed by atoms with Gasteiger partial charge in [0.1, 0.15) is 0 Å². The quantitative estimate of drug-likeness (QED) is 0.715. The summed E-state index contributed by atoms with van der Waals surface area (Å²) >= 11 is 0. The van der Waals surface area contributed by atoms with Gasteiger partial charge in [-0.3, -0.25) is 9.59 Å². The van der Waals surface area contributed by atoms with Crippen molar-refractivity contribution in [3.63, 3.8) is 0 Å². The van der Waals surface area contributed by atoms with Gasteiger partial charge in [-0.15, -0.1) is 0 Å². The molecule has 4 rings (SSSR count). The highest BCUT2D eigenvalue weighted by Crippen LogP contribution is 2.37. The number of piperazine rings is 1. The highest BCUT2D eigenvalue weighted by molar-refractivity contribution is 7.89. The van der Waals surface area contributed by atoms with Gasteiger partial charge in [0.25, 0.3) is 0 Å². The molecule has 1 aromatic rings. The molecule has 0 spiro atoms. The second-order valence-electron chi connectivity index (χ2n) is 8.23. The van der Waals surface area contributed by atoms with Crippen LogP contribution >= 0.6 is 0 Å². The molecule has 152 valence electrons. The molecule has 8 heteroatoms. The van der Waals surface area contributed by atoms with Gasteiger partial charge < -0.3 is 4.90 Å². The number of hydrogen-bond acceptors (Lipinski definition) is 4. The van der Waals surface area contributed by atoms with E-state index >= 15 is 0 Å². The van der Waals surface area contributed by atoms with E-state index in [9.17, 15) is 18.0 Å². The second kappa shape index (κ2) is 7.57. The number of nitrogens with one attached hydrogen (secondary N) is 1. The number of amides is 2. The van der Waals surface area contributed by atoms with E-state index in [1.165, 1.54) is 9.21 Å². The molecule has 2 saturated heterocycles. The molecule has 3 fully saturated rings. The van der Waals surface area contributed by atoms with Crippen molar-refractivity contribution in [2.24, 2.45) is 11.8 Å². The number of fused-ring (bicyclic) bond motifs is 1. The lowest BCUT2D eigenvalue weighted by Crippen LogP contribution is -3.16. The van der Waals surface area contributed by atoms with Crippen molar-refractivity contribution < 1.29 is 22.9 Å². The standard InChI is InChI=1S/C20H27N3O4S/c1-15-6-8-16(9-7-15)28(26,27)22-12-10-21(11-13-22)14-23-19(24)17-4-2-3-5-18(17)20(23)25/h6-9,17-18H,2-5,10-14H2,1H3/p+1/t17-,18-/m1/s1. The van der Waals surface area contributed by atoms with Crippen molar-refractivity contribution in [2.45, 2.75) is 37.5 Å². The Hall–Kier alpha value is -1.77. The monoisotopic (exact) mass is 406 g/mol. The fourth-order valence-electron chi connectivity index (χ4n) is 4.67. The summed E-state index contributed by atoms with van der Waals surface area (Å²) in [6.07, 6.45) is 3.69. The van der Waals surface area contributed by atoms with Gasteiger partial charge in [0.15, 0.2) is 6.67 Å². The number of hydrogen-bond donors (Lipinski definition) is 1. The first-order chi connectivity index (χ1) is 13.4. The van der Waals surface area contributed by atoms with E-state index in [1.807, 2.05) is 6.92 Å². The number of aryl methyl sites for hydroxylation is 1. The first kappa shape index (κ1) is 19.5. The van der Waals surface area contributed by atoms with Crippen LogP contribution in [0.5, 0.6) is 0 Å². The first-order valence-corrected chi connectivity index (χ1v) is 11.6. The number of likely N-dealkylation sites (tertiary alicyclic amines) is 1. The highest BCUT2D eigenvalue weighted by atomic mass is 32.2. The Morgan fingerprint density at radius 2 is 1.50 bits per heavy atom. The molecular weight excluding hydrogens is 378 g/mol. The SMILES string of the molecule is Cc1ccc(S(=O)(=O)N2CC[NH+](CN3C(=O)[C@@H]4CCCC[C@H]4C3=O)CC2)cc1. The van der Waals surface area contributed by atoms with Crippen molar-refractivity contribution >= 4 is 21.8 Å². The summed E-state index contributed by atoms with van der Waals surface area (Å²) in [5, 5.41) is 0. The van der Waals surface area contributed by atoms with Crippen LogP contribution in [0.4, 0.5) is 0 Å². The van der Waals surface area contributed by atoms with Crippen LogP contribution in [0.1, 0.15) is 31.2 Å². The minimum Gasteiger partial charge on any atom is -0.315 e. The Morgan fingerprint density at radius 3 is 2.04 bits per heavy atom. The second-order valence-corrected chi connectivity index (χ2v) is 10.2. The van der Waals surface area contributed by atoms with Crippen LogP contribution in [0.15, 0.2) is 29.2 Å². The predicted molar refractivity (Wildman–Crippen MR) is 103 cm³/mol. The van der Waals surface area contributed by atoms with E-state index in [-0.39, 0.29) is 23.7 Å². The third-order valence-corrected chi connectivity index (χ3v) is 8.32. The zero-order chi connectivity index (χ0) is 19.9. The van der Waals surface area contributed by atoms with Crippen molar-refractivity contribution in [3.8, 4) is 0 Å². The van der Waals surface area contributed by atoms with Gasteiger partial charge in [0, 0.05) is 0 Å². The number of imide groups is 1. The summed E-state index contributed by atoms with van der Waals surface area (Å²) in [6.45, 7) is 4.27. The highest BCUT2D eigenvalue weighted by Gasteiger charge is 2.49. The molecule has 7 nitrogen and oxygen atoms in total. The summed E-state index contributed by atoms with van der Waals surface area (Å²) < 4.78 is 27.2. The van der Waals surface area contributed by atoms with Crippen LogP contribution in [0.3, 0.4) is 0 Å². The molecule has 0 aromatic heterocycles. The van der Waals surface area contributed by atoms with Crippen LogP contribution in [-0.4, -0.2) is 62.3 Å². The lowest BCUT2D eigenvalue weighted by atomic mass is 9.81. The number of carbonyl (C=O) groups excluding carboxylic acids is 2. The minimum atomic E-state index is -3.50. The van der Waals surface area contributed by atoms with E-state index in [0.717, 1.165) is 36.1 Å². The maximum absolute atomic E-state index is 12.8. The number of rotatable bonds is 4. The molecule has 28 heavy (non-hydrogen) atoms. The van der Waals surface area contributed by atoms with E-state index in [0.29, 0.717) is 37.7 Å². The van der Waals surface area contributed by atoms with Crippen LogP contribution in [0.25, 0.3) is 0 Å². The van der Waals surface area contributed by atoms with E-state index in [1.54, 1.807) is 24.3 Å². The molecule has 1 aliphatic carbocycles. The van der Waals surface area contributed by atoms with Crippen molar-refractivity contribution in [1.82, 2.24) is 9.21 Å². The van der Waals surface area contributed by atoms with Crippen molar-refractivity contribution in [3.05, 3.63) is 29.8 Å². The Morgan fingerprint density at radius 1 is 0.964 bits per heavy atom. The zero-order valence-corrected chi connectivity index (χ0v) is 17.1. The maximum Gasteiger partial charge on any atom is 0.243 e. The van der Waals surface area contributed by atoms with Gasteiger partial charge in [0.05, 0.1) is 42.9 Å². The molecule has 2 atom stereocenters. The van der Waals surface area contributed by atoms with E-state index in [2.05, 4.69) is 0 Å². The normalized spacial score (nSPS) is 27.2. The largest absolute Gasteiger partial charge is 0.315 e. The topological polar surface area (TPSA) is 79.2 Å². The summed E-state index contributed by atoms with van der Waals surface area (Å²) in [5.74, 6) is -0.276. The van der Waals surface area contributed by atoms with Crippen LogP contribution in [-0.2, 0) is 19.6 Å². The van der Waals surface area contributed by atoms with Gasteiger partial charge in [-0.05, 0) is 31.9 Å². The third kappa shape index (κ3) is 3.49. The third-order valence-electron chi connectivity index (χ3n) is 6.40. The average molecular weight is 407 g/mol.